The van der Waals surface area contributed by atoms with Gasteiger partial charge in [-0.25, -0.2) is 8.78 Å². The fourth-order valence-electron chi connectivity index (χ4n) is 1.07. The number of rotatable bonds is 2. The molecule has 72 valence electrons. The van der Waals surface area contributed by atoms with Crippen LogP contribution in [-0.2, 0) is 6.42 Å². The molecule has 1 aromatic carbocycles. The van der Waals surface area contributed by atoms with Gasteiger partial charge in [0, 0.05) is 6.04 Å². The lowest BCUT2D eigenvalue weighted by Crippen LogP contribution is -2.18. The van der Waals surface area contributed by atoms with E-state index >= 15 is 0 Å². The normalized spacial score (nSPS) is 13.0. The van der Waals surface area contributed by atoms with Gasteiger partial charge in [0.1, 0.15) is 11.6 Å². The van der Waals surface area contributed by atoms with Crippen LogP contribution in [0.15, 0.2) is 16.6 Å². The summed E-state index contributed by atoms with van der Waals surface area (Å²) in [5.41, 5.74) is 5.94. The minimum atomic E-state index is -0.592. The molecule has 0 bridgehead atoms. The maximum atomic E-state index is 13.3. The zero-order valence-corrected chi connectivity index (χ0v) is 8.74. The molecule has 0 aliphatic heterocycles. The van der Waals surface area contributed by atoms with Crippen molar-refractivity contribution in [3.8, 4) is 0 Å². The zero-order chi connectivity index (χ0) is 10.0. The molecule has 0 aromatic heterocycles. The summed E-state index contributed by atoms with van der Waals surface area (Å²) >= 11 is 2.83. The fourth-order valence-corrected chi connectivity index (χ4v) is 1.46. The average molecular weight is 250 g/mol. The van der Waals surface area contributed by atoms with Crippen LogP contribution in [0.1, 0.15) is 12.5 Å². The second kappa shape index (κ2) is 4.15. The zero-order valence-electron chi connectivity index (χ0n) is 7.15. The van der Waals surface area contributed by atoms with E-state index < -0.39 is 11.6 Å². The summed E-state index contributed by atoms with van der Waals surface area (Å²) in [7, 11) is 0. The van der Waals surface area contributed by atoms with Crippen LogP contribution in [-0.4, -0.2) is 6.04 Å². The molecule has 0 spiro atoms. The Morgan fingerprint density at radius 2 is 2.08 bits per heavy atom. The first kappa shape index (κ1) is 10.6. The highest BCUT2D eigenvalue weighted by molar-refractivity contribution is 9.10. The van der Waals surface area contributed by atoms with Crippen LogP contribution in [0.25, 0.3) is 0 Å². The maximum Gasteiger partial charge on any atom is 0.143 e. The van der Waals surface area contributed by atoms with Crippen molar-refractivity contribution in [2.45, 2.75) is 19.4 Å². The third kappa shape index (κ3) is 2.48. The Kier molecular flexibility index (Phi) is 3.39. The molecule has 0 radical (unpaired) electrons. The van der Waals surface area contributed by atoms with Gasteiger partial charge in [0.15, 0.2) is 0 Å². The van der Waals surface area contributed by atoms with Crippen molar-refractivity contribution in [2.24, 2.45) is 5.73 Å². The van der Waals surface area contributed by atoms with Gasteiger partial charge in [-0.2, -0.15) is 0 Å². The molecular weight excluding hydrogens is 240 g/mol. The average Bonchev–Trinajstić information content (AvgIpc) is 2.06. The highest BCUT2D eigenvalue weighted by atomic mass is 79.9. The van der Waals surface area contributed by atoms with E-state index in [1.54, 1.807) is 6.92 Å². The molecule has 0 saturated heterocycles. The van der Waals surface area contributed by atoms with Gasteiger partial charge >= 0.3 is 0 Å². The number of halogens is 3. The Balaban J connectivity index is 3.04. The molecule has 4 heteroatoms. The van der Waals surface area contributed by atoms with Crippen LogP contribution in [0.2, 0.25) is 0 Å². The molecule has 0 aliphatic rings. The molecule has 0 fully saturated rings. The fraction of sp³-hybridized carbons (Fsp3) is 0.333. The molecule has 0 amide bonds. The third-order valence-corrected chi connectivity index (χ3v) is 2.38. The molecule has 1 aromatic rings. The van der Waals surface area contributed by atoms with Gasteiger partial charge in [-0.1, -0.05) is 6.07 Å². The van der Waals surface area contributed by atoms with Crippen LogP contribution in [0.5, 0.6) is 0 Å². The van der Waals surface area contributed by atoms with E-state index in [9.17, 15) is 8.78 Å². The smallest absolute Gasteiger partial charge is 0.143 e. The van der Waals surface area contributed by atoms with Gasteiger partial charge in [0.25, 0.3) is 0 Å². The summed E-state index contributed by atoms with van der Waals surface area (Å²) in [6.07, 6.45) is 0.407. The minimum Gasteiger partial charge on any atom is -0.328 e. The second-order valence-electron chi connectivity index (χ2n) is 3.02. The number of hydrogen-bond acceptors (Lipinski definition) is 1. The molecule has 1 atom stereocenters. The van der Waals surface area contributed by atoms with Crippen molar-refractivity contribution in [2.75, 3.05) is 0 Å². The van der Waals surface area contributed by atoms with Gasteiger partial charge in [0.05, 0.1) is 4.47 Å². The van der Waals surface area contributed by atoms with Gasteiger partial charge < -0.3 is 5.73 Å². The van der Waals surface area contributed by atoms with E-state index in [1.165, 1.54) is 12.1 Å². The molecule has 0 aliphatic carbocycles. The standard InChI is InChI=1S/C9H10BrF2N/c1-5(13)4-6-2-3-7(11)8(10)9(6)12/h2-3,5H,4,13H2,1H3/t5-/m0/s1. The van der Waals surface area contributed by atoms with E-state index in [4.69, 9.17) is 5.73 Å². The maximum absolute atomic E-state index is 13.3. The first-order valence-corrected chi connectivity index (χ1v) is 4.69. The van der Waals surface area contributed by atoms with Gasteiger partial charge in [-0.15, -0.1) is 0 Å². The predicted octanol–water partition coefficient (Wildman–Crippen LogP) is 2.62. The van der Waals surface area contributed by atoms with E-state index in [0.29, 0.717) is 12.0 Å². The molecule has 2 N–H and O–H groups in total. The van der Waals surface area contributed by atoms with E-state index in [2.05, 4.69) is 15.9 Å². The van der Waals surface area contributed by atoms with Crippen molar-refractivity contribution in [1.29, 1.82) is 0 Å². The molecule has 13 heavy (non-hydrogen) atoms. The van der Waals surface area contributed by atoms with E-state index in [0.717, 1.165) is 0 Å². The van der Waals surface area contributed by atoms with Gasteiger partial charge in [-0.3, -0.25) is 0 Å². The van der Waals surface area contributed by atoms with Crippen LogP contribution >= 0.6 is 15.9 Å². The SMILES string of the molecule is C[C@H](N)Cc1ccc(F)c(Br)c1F. The lowest BCUT2D eigenvalue weighted by molar-refractivity contribution is 0.554. The third-order valence-electron chi connectivity index (χ3n) is 1.66. The molecule has 0 unspecified atom stereocenters. The lowest BCUT2D eigenvalue weighted by Gasteiger charge is -2.07. The topological polar surface area (TPSA) is 26.0 Å². The van der Waals surface area contributed by atoms with Crippen molar-refractivity contribution in [1.82, 2.24) is 0 Å². The van der Waals surface area contributed by atoms with Crippen LogP contribution < -0.4 is 5.73 Å². The molecule has 0 saturated carbocycles. The summed E-state index contributed by atoms with van der Waals surface area (Å²) in [4.78, 5) is 0. The first-order valence-electron chi connectivity index (χ1n) is 3.90. The number of hydrogen-bond donors (Lipinski definition) is 1. The lowest BCUT2D eigenvalue weighted by atomic mass is 10.1. The Hall–Kier alpha value is -0.480. The summed E-state index contributed by atoms with van der Waals surface area (Å²) in [6, 6.07) is 2.51. The first-order chi connectivity index (χ1) is 6.02. The Morgan fingerprint density at radius 1 is 1.46 bits per heavy atom. The second-order valence-corrected chi connectivity index (χ2v) is 3.81. The largest absolute Gasteiger partial charge is 0.328 e. The predicted molar refractivity (Wildman–Crippen MR) is 51.4 cm³/mol. The minimum absolute atomic E-state index is 0.120. The Bertz CT molecular complexity index is 313. The van der Waals surface area contributed by atoms with Crippen LogP contribution in [0.3, 0.4) is 0 Å². The molecular formula is C9H10BrF2N. The van der Waals surface area contributed by atoms with Crippen LogP contribution in [0.4, 0.5) is 8.78 Å². The van der Waals surface area contributed by atoms with Crippen molar-refractivity contribution in [3.63, 3.8) is 0 Å². The van der Waals surface area contributed by atoms with Gasteiger partial charge in [-0.05, 0) is 40.9 Å². The van der Waals surface area contributed by atoms with E-state index in [-0.39, 0.29) is 10.5 Å². The highest BCUT2D eigenvalue weighted by Gasteiger charge is 2.11. The quantitative estimate of drug-likeness (QED) is 0.802. The Labute approximate surface area is 84.1 Å². The summed E-state index contributed by atoms with van der Waals surface area (Å²) in [5.74, 6) is -1.15. The Morgan fingerprint density at radius 3 is 2.62 bits per heavy atom. The van der Waals surface area contributed by atoms with Crippen LogP contribution in [0, 0.1) is 11.6 Å². The number of benzene rings is 1. The monoisotopic (exact) mass is 249 g/mol. The van der Waals surface area contributed by atoms with Crippen molar-refractivity contribution in [3.05, 3.63) is 33.8 Å². The molecule has 0 heterocycles. The molecule has 1 nitrogen and oxygen atoms in total. The summed E-state index contributed by atoms with van der Waals surface area (Å²) in [6.45, 7) is 1.77. The number of nitrogens with two attached hydrogens (primary N) is 1. The van der Waals surface area contributed by atoms with Gasteiger partial charge in [0.2, 0.25) is 0 Å². The summed E-state index contributed by atoms with van der Waals surface area (Å²) in [5, 5.41) is 0. The van der Waals surface area contributed by atoms with Crippen molar-refractivity contribution >= 4 is 15.9 Å². The molecule has 1 rings (SSSR count). The van der Waals surface area contributed by atoms with Crippen molar-refractivity contribution < 1.29 is 8.78 Å². The highest BCUT2D eigenvalue weighted by Crippen LogP contribution is 2.23. The van der Waals surface area contributed by atoms with E-state index in [1.807, 2.05) is 0 Å². The summed E-state index contributed by atoms with van der Waals surface area (Å²) < 4.78 is 25.9.